The minimum Gasteiger partial charge on any atom is -0.454 e. The fourth-order valence-corrected chi connectivity index (χ4v) is 3.53. The largest absolute Gasteiger partial charge is 0.454 e. The number of hydrogen-bond donors (Lipinski definition) is 1. The first kappa shape index (κ1) is 18.3. The number of nitrogens with one attached hydrogen (secondary N) is 1. The Balaban J connectivity index is 1.83. The van der Waals surface area contributed by atoms with Gasteiger partial charge in [0.2, 0.25) is 22.7 Å². The highest BCUT2D eigenvalue weighted by Gasteiger charge is 2.24. The SMILES string of the molecule is Cc1c(Cl)cccc1NC(=O)CN(c1ccc2c(c1)OCO2)S(C)(=O)=O. The molecule has 9 heteroatoms. The van der Waals surface area contributed by atoms with Gasteiger partial charge in [-0.1, -0.05) is 17.7 Å². The summed E-state index contributed by atoms with van der Waals surface area (Å²) in [6.07, 6.45) is 1.04. The summed E-state index contributed by atoms with van der Waals surface area (Å²) in [5.74, 6) is 0.474. The van der Waals surface area contributed by atoms with Gasteiger partial charge in [0.15, 0.2) is 11.5 Å². The number of nitrogens with zero attached hydrogens (tertiary/aromatic N) is 1. The van der Waals surface area contributed by atoms with E-state index in [1.807, 2.05) is 0 Å². The van der Waals surface area contributed by atoms with Crippen molar-refractivity contribution in [1.29, 1.82) is 0 Å². The van der Waals surface area contributed by atoms with Gasteiger partial charge in [0.1, 0.15) is 6.54 Å². The topological polar surface area (TPSA) is 84.9 Å². The Morgan fingerprint density at radius 3 is 2.69 bits per heavy atom. The van der Waals surface area contributed by atoms with Crippen molar-refractivity contribution in [3.05, 3.63) is 47.0 Å². The molecule has 1 N–H and O–H groups in total. The molecule has 1 amide bonds. The summed E-state index contributed by atoms with van der Waals surface area (Å²) >= 11 is 6.04. The van der Waals surface area contributed by atoms with Gasteiger partial charge in [0.25, 0.3) is 0 Å². The number of rotatable bonds is 5. The van der Waals surface area contributed by atoms with Crippen LogP contribution in [-0.4, -0.2) is 33.9 Å². The lowest BCUT2D eigenvalue weighted by molar-refractivity contribution is -0.114. The van der Waals surface area contributed by atoms with E-state index < -0.39 is 15.9 Å². The summed E-state index contributed by atoms with van der Waals surface area (Å²) in [4.78, 5) is 12.4. The van der Waals surface area contributed by atoms with Gasteiger partial charge in [-0.3, -0.25) is 9.10 Å². The van der Waals surface area contributed by atoms with Crippen molar-refractivity contribution in [2.24, 2.45) is 0 Å². The van der Waals surface area contributed by atoms with Crippen LogP contribution in [0.15, 0.2) is 36.4 Å². The van der Waals surface area contributed by atoms with Gasteiger partial charge in [-0.2, -0.15) is 0 Å². The van der Waals surface area contributed by atoms with E-state index in [1.165, 1.54) is 6.07 Å². The Hall–Kier alpha value is -2.45. The lowest BCUT2D eigenvalue weighted by atomic mass is 10.2. The number of fused-ring (bicyclic) bond motifs is 1. The van der Waals surface area contributed by atoms with Gasteiger partial charge >= 0.3 is 0 Å². The van der Waals surface area contributed by atoms with Crippen molar-refractivity contribution in [3.8, 4) is 11.5 Å². The molecule has 0 fully saturated rings. The second-order valence-electron chi connectivity index (χ2n) is 5.77. The standard InChI is InChI=1S/C17H17ClN2O5S/c1-11-13(18)4-3-5-14(11)19-17(21)9-20(26(2,22)23)12-6-7-15-16(8-12)25-10-24-15/h3-8H,9-10H2,1-2H3,(H,19,21). The van der Waals surface area contributed by atoms with E-state index >= 15 is 0 Å². The molecule has 138 valence electrons. The molecular weight excluding hydrogens is 380 g/mol. The van der Waals surface area contributed by atoms with E-state index in [0.717, 1.165) is 10.6 Å². The van der Waals surface area contributed by atoms with Gasteiger partial charge in [-0.25, -0.2) is 8.42 Å². The molecule has 0 atom stereocenters. The minimum atomic E-state index is -3.69. The molecule has 7 nitrogen and oxygen atoms in total. The summed E-state index contributed by atoms with van der Waals surface area (Å²) in [7, 11) is -3.69. The molecule has 0 unspecified atom stereocenters. The molecule has 2 aromatic carbocycles. The molecule has 0 aromatic heterocycles. The molecule has 0 bridgehead atoms. The lowest BCUT2D eigenvalue weighted by Gasteiger charge is -2.22. The first-order valence-electron chi connectivity index (χ1n) is 7.68. The zero-order valence-corrected chi connectivity index (χ0v) is 15.7. The third kappa shape index (κ3) is 3.86. The predicted molar refractivity (Wildman–Crippen MR) is 99.6 cm³/mol. The van der Waals surface area contributed by atoms with Crippen LogP contribution in [0.2, 0.25) is 5.02 Å². The van der Waals surface area contributed by atoms with Gasteiger partial charge in [0.05, 0.1) is 11.9 Å². The van der Waals surface area contributed by atoms with Crippen molar-refractivity contribution in [1.82, 2.24) is 0 Å². The third-order valence-corrected chi connectivity index (χ3v) is 5.42. The quantitative estimate of drug-likeness (QED) is 0.840. The summed E-state index contributed by atoms with van der Waals surface area (Å²) in [6.45, 7) is 1.46. The number of carbonyl (C=O) groups is 1. The second kappa shape index (κ2) is 7.05. The van der Waals surface area contributed by atoms with E-state index in [-0.39, 0.29) is 13.3 Å². The van der Waals surface area contributed by atoms with Crippen molar-refractivity contribution in [3.63, 3.8) is 0 Å². The van der Waals surface area contributed by atoms with Crippen LogP contribution < -0.4 is 19.1 Å². The van der Waals surface area contributed by atoms with Gasteiger partial charge < -0.3 is 14.8 Å². The molecule has 1 aliphatic heterocycles. The fourth-order valence-electron chi connectivity index (χ4n) is 2.50. The molecule has 3 rings (SSSR count). The average molecular weight is 397 g/mol. The van der Waals surface area contributed by atoms with Crippen molar-refractivity contribution in [2.75, 3.05) is 29.2 Å². The number of ether oxygens (including phenoxy) is 2. The predicted octanol–water partition coefficient (Wildman–Crippen LogP) is 2.78. The van der Waals surface area contributed by atoms with E-state index in [9.17, 15) is 13.2 Å². The lowest BCUT2D eigenvalue weighted by Crippen LogP contribution is -2.37. The van der Waals surface area contributed by atoms with E-state index in [4.69, 9.17) is 21.1 Å². The number of carbonyl (C=O) groups excluding carboxylic acids is 1. The van der Waals surface area contributed by atoms with E-state index in [0.29, 0.717) is 33.5 Å². The Kier molecular flexibility index (Phi) is 4.97. The van der Waals surface area contributed by atoms with E-state index in [2.05, 4.69) is 5.32 Å². The first-order valence-corrected chi connectivity index (χ1v) is 9.90. The summed E-state index contributed by atoms with van der Waals surface area (Å²) < 4.78 is 35.9. The second-order valence-corrected chi connectivity index (χ2v) is 8.08. The maximum Gasteiger partial charge on any atom is 0.245 e. The minimum absolute atomic E-state index is 0.0756. The average Bonchev–Trinajstić information content (AvgIpc) is 3.03. The molecule has 0 saturated carbocycles. The fraction of sp³-hybridized carbons (Fsp3) is 0.235. The molecule has 0 spiro atoms. The van der Waals surface area contributed by atoms with Crippen LogP contribution in [0.3, 0.4) is 0 Å². The maximum absolute atomic E-state index is 12.4. The number of amides is 1. The van der Waals surface area contributed by atoms with Gasteiger partial charge in [-0.15, -0.1) is 0 Å². The van der Waals surface area contributed by atoms with Crippen LogP contribution in [0.4, 0.5) is 11.4 Å². The van der Waals surface area contributed by atoms with Crippen LogP contribution in [0, 0.1) is 6.92 Å². The number of benzene rings is 2. The van der Waals surface area contributed by atoms with Crippen molar-refractivity contribution >= 4 is 38.9 Å². The number of hydrogen-bond acceptors (Lipinski definition) is 5. The first-order chi connectivity index (χ1) is 12.3. The highest BCUT2D eigenvalue weighted by Crippen LogP contribution is 2.36. The number of halogens is 1. The van der Waals surface area contributed by atoms with Crippen LogP contribution in [0.1, 0.15) is 5.56 Å². The third-order valence-electron chi connectivity index (χ3n) is 3.87. The van der Waals surface area contributed by atoms with Crippen LogP contribution in [0.5, 0.6) is 11.5 Å². The zero-order valence-electron chi connectivity index (χ0n) is 14.2. The molecule has 0 radical (unpaired) electrons. The number of sulfonamides is 1. The molecule has 1 heterocycles. The number of anilines is 2. The molecule has 0 saturated heterocycles. The summed E-state index contributed by atoms with van der Waals surface area (Å²) in [6, 6.07) is 9.81. The van der Waals surface area contributed by atoms with Crippen molar-refractivity contribution in [2.45, 2.75) is 6.92 Å². The monoisotopic (exact) mass is 396 g/mol. The molecule has 0 aliphatic carbocycles. The molecular formula is C17H17ClN2O5S. The van der Waals surface area contributed by atoms with Gasteiger partial charge in [-0.05, 0) is 36.8 Å². The highest BCUT2D eigenvalue weighted by molar-refractivity contribution is 7.92. The zero-order chi connectivity index (χ0) is 18.9. The Bertz CT molecular complexity index is 962. The Morgan fingerprint density at radius 1 is 1.23 bits per heavy atom. The van der Waals surface area contributed by atoms with Crippen molar-refractivity contribution < 1.29 is 22.7 Å². The molecule has 1 aliphatic rings. The Morgan fingerprint density at radius 2 is 1.96 bits per heavy atom. The smallest absolute Gasteiger partial charge is 0.245 e. The molecule has 2 aromatic rings. The summed E-state index contributed by atoms with van der Waals surface area (Å²) in [5, 5.41) is 3.20. The van der Waals surface area contributed by atoms with E-state index in [1.54, 1.807) is 37.3 Å². The normalized spacial score (nSPS) is 12.7. The van der Waals surface area contributed by atoms with Crippen LogP contribution in [-0.2, 0) is 14.8 Å². The van der Waals surface area contributed by atoms with Crippen LogP contribution in [0.25, 0.3) is 0 Å². The maximum atomic E-state index is 12.4. The Labute approximate surface area is 156 Å². The van der Waals surface area contributed by atoms with Gasteiger partial charge in [0, 0.05) is 16.8 Å². The summed E-state index contributed by atoms with van der Waals surface area (Å²) in [5.41, 5.74) is 1.55. The van der Waals surface area contributed by atoms with Crippen LogP contribution >= 0.6 is 11.6 Å². The highest BCUT2D eigenvalue weighted by atomic mass is 35.5. The molecule has 26 heavy (non-hydrogen) atoms.